The Labute approximate surface area is 184 Å². The van der Waals surface area contributed by atoms with Crippen LogP contribution in [0.5, 0.6) is 5.75 Å². The highest BCUT2D eigenvalue weighted by Gasteiger charge is 2.31. The van der Waals surface area contributed by atoms with E-state index in [9.17, 15) is 13.2 Å². The highest BCUT2D eigenvalue weighted by Crippen LogP contribution is 2.29. The second-order valence-electron chi connectivity index (χ2n) is 7.05. The largest absolute Gasteiger partial charge is 0.496 e. The van der Waals surface area contributed by atoms with Gasteiger partial charge in [-0.05, 0) is 57.0 Å². The number of methoxy groups -OCH3 is 1. The van der Waals surface area contributed by atoms with Crippen LogP contribution in [0, 0.1) is 0 Å². The molecule has 1 fully saturated rings. The predicted octanol–water partition coefficient (Wildman–Crippen LogP) is 3.76. The molecule has 0 bridgehead atoms. The number of nitrogens with zero attached hydrogens (tertiary/aromatic N) is 2. The number of benzene rings is 3. The Morgan fingerprint density at radius 1 is 0.933 bits per heavy atom. The van der Waals surface area contributed by atoms with Gasteiger partial charge in [-0.15, -0.1) is 0 Å². The molecule has 0 atom stereocenters. The van der Waals surface area contributed by atoms with Gasteiger partial charge in [0.25, 0.3) is 5.91 Å². The Balaban J connectivity index is 1.47. The number of sulfonamides is 1. The van der Waals surface area contributed by atoms with Crippen LogP contribution in [0.15, 0.2) is 70.0 Å². The van der Waals surface area contributed by atoms with Gasteiger partial charge in [0.2, 0.25) is 10.0 Å². The number of hydrogen-bond acceptors (Lipinski definition) is 4. The summed E-state index contributed by atoms with van der Waals surface area (Å²) >= 11 is 3.33. The fraction of sp³-hybridized carbons (Fsp3) is 0.227. The molecule has 30 heavy (non-hydrogen) atoms. The van der Waals surface area contributed by atoms with Crippen molar-refractivity contribution in [3.05, 3.63) is 70.7 Å². The third-order valence-electron chi connectivity index (χ3n) is 5.28. The third kappa shape index (κ3) is 3.95. The quantitative estimate of drug-likeness (QED) is 0.560. The number of fused-ring (bicyclic) bond motifs is 1. The fourth-order valence-corrected chi connectivity index (χ4v) is 5.73. The van der Waals surface area contributed by atoms with Crippen LogP contribution in [-0.4, -0.2) is 56.8 Å². The van der Waals surface area contributed by atoms with Gasteiger partial charge < -0.3 is 9.64 Å². The molecule has 1 aliphatic heterocycles. The maximum absolute atomic E-state index is 13.0. The zero-order valence-electron chi connectivity index (χ0n) is 16.4. The third-order valence-corrected chi connectivity index (χ3v) is 7.80. The number of carbonyl (C=O) groups excluding carboxylic acids is 1. The highest BCUT2D eigenvalue weighted by molar-refractivity contribution is 9.10. The molecule has 1 heterocycles. The minimum atomic E-state index is -3.64. The van der Waals surface area contributed by atoms with Gasteiger partial charge in [-0.3, -0.25) is 4.79 Å². The first kappa shape index (κ1) is 20.8. The summed E-state index contributed by atoms with van der Waals surface area (Å²) in [5, 5.41) is 2.09. The first-order chi connectivity index (χ1) is 14.4. The van der Waals surface area contributed by atoms with Crippen LogP contribution >= 0.6 is 15.9 Å². The van der Waals surface area contributed by atoms with Crippen molar-refractivity contribution in [1.29, 1.82) is 0 Å². The molecule has 1 saturated heterocycles. The molecule has 6 nitrogen and oxygen atoms in total. The maximum atomic E-state index is 13.0. The van der Waals surface area contributed by atoms with Crippen molar-refractivity contribution >= 4 is 42.6 Å². The van der Waals surface area contributed by atoms with Crippen molar-refractivity contribution in [2.24, 2.45) is 0 Å². The van der Waals surface area contributed by atoms with Crippen molar-refractivity contribution in [1.82, 2.24) is 9.21 Å². The summed E-state index contributed by atoms with van der Waals surface area (Å²) in [5.74, 6) is 0.491. The van der Waals surface area contributed by atoms with Gasteiger partial charge in [-0.25, -0.2) is 8.42 Å². The van der Waals surface area contributed by atoms with Crippen LogP contribution in [0.1, 0.15) is 10.4 Å². The lowest BCUT2D eigenvalue weighted by atomic mass is 10.1. The number of rotatable bonds is 4. The molecule has 4 rings (SSSR count). The molecular formula is C22H21BrN2O4S. The van der Waals surface area contributed by atoms with E-state index in [1.165, 1.54) is 17.5 Å². The molecule has 1 amide bonds. The lowest BCUT2D eigenvalue weighted by molar-refractivity contribution is 0.0698. The number of hydrogen-bond donors (Lipinski definition) is 0. The van der Waals surface area contributed by atoms with Crippen LogP contribution < -0.4 is 4.74 Å². The van der Waals surface area contributed by atoms with Gasteiger partial charge in [0, 0.05) is 31.7 Å². The summed E-state index contributed by atoms with van der Waals surface area (Å²) in [5.41, 5.74) is 0.615. The Kier molecular flexibility index (Phi) is 5.81. The van der Waals surface area contributed by atoms with Gasteiger partial charge in [0.15, 0.2) is 0 Å². The fourth-order valence-electron chi connectivity index (χ4n) is 3.59. The number of ether oxygens (including phenoxy) is 1. The molecule has 0 spiro atoms. The highest BCUT2D eigenvalue weighted by atomic mass is 79.9. The predicted molar refractivity (Wildman–Crippen MR) is 119 cm³/mol. The van der Waals surface area contributed by atoms with Crippen LogP contribution in [0.4, 0.5) is 0 Å². The molecule has 156 valence electrons. The number of piperazine rings is 1. The Morgan fingerprint density at radius 3 is 2.30 bits per heavy atom. The smallest absolute Gasteiger partial charge is 0.253 e. The van der Waals surface area contributed by atoms with Crippen molar-refractivity contribution in [2.75, 3.05) is 33.3 Å². The molecule has 0 saturated carbocycles. The summed E-state index contributed by atoms with van der Waals surface area (Å²) in [4.78, 5) is 14.8. The van der Waals surface area contributed by atoms with E-state index >= 15 is 0 Å². The van der Waals surface area contributed by atoms with E-state index < -0.39 is 10.0 Å². The zero-order chi connectivity index (χ0) is 21.3. The van der Waals surface area contributed by atoms with E-state index in [1.807, 2.05) is 42.5 Å². The van der Waals surface area contributed by atoms with Gasteiger partial charge in [0.1, 0.15) is 5.75 Å². The zero-order valence-corrected chi connectivity index (χ0v) is 18.8. The van der Waals surface area contributed by atoms with E-state index in [-0.39, 0.29) is 23.9 Å². The van der Waals surface area contributed by atoms with Crippen LogP contribution in [0.25, 0.3) is 10.8 Å². The van der Waals surface area contributed by atoms with E-state index in [0.29, 0.717) is 28.9 Å². The molecule has 8 heteroatoms. The van der Waals surface area contributed by atoms with E-state index in [2.05, 4.69) is 15.9 Å². The summed E-state index contributed by atoms with van der Waals surface area (Å²) < 4.78 is 33.2. The summed E-state index contributed by atoms with van der Waals surface area (Å²) in [6.07, 6.45) is 0. The minimum Gasteiger partial charge on any atom is -0.496 e. The van der Waals surface area contributed by atoms with Crippen molar-refractivity contribution in [3.8, 4) is 5.75 Å². The molecule has 3 aromatic carbocycles. The van der Waals surface area contributed by atoms with E-state index in [1.54, 1.807) is 17.0 Å². The normalized spacial score (nSPS) is 15.3. The van der Waals surface area contributed by atoms with Crippen LogP contribution in [0.2, 0.25) is 0 Å². The first-order valence-corrected chi connectivity index (χ1v) is 11.8. The Morgan fingerprint density at radius 2 is 1.63 bits per heavy atom. The van der Waals surface area contributed by atoms with Crippen molar-refractivity contribution in [2.45, 2.75) is 4.90 Å². The van der Waals surface area contributed by atoms with Crippen LogP contribution in [0.3, 0.4) is 0 Å². The molecule has 1 aliphatic rings. The maximum Gasteiger partial charge on any atom is 0.253 e. The minimum absolute atomic E-state index is 0.0787. The SMILES string of the molecule is COc1ccc(S(=O)(=O)N2CCN(C(=O)c3ccc4ccccc4c3)CC2)cc1Br. The Bertz CT molecular complexity index is 1200. The van der Waals surface area contributed by atoms with E-state index in [0.717, 1.165) is 10.8 Å². The topological polar surface area (TPSA) is 66.9 Å². The van der Waals surface area contributed by atoms with E-state index in [4.69, 9.17) is 4.74 Å². The molecule has 0 aliphatic carbocycles. The average Bonchev–Trinajstić information content (AvgIpc) is 2.78. The lowest BCUT2D eigenvalue weighted by Gasteiger charge is -2.34. The number of halogens is 1. The molecule has 0 unspecified atom stereocenters. The first-order valence-electron chi connectivity index (χ1n) is 9.52. The van der Waals surface area contributed by atoms with Gasteiger partial charge >= 0.3 is 0 Å². The average molecular weight is 489 g/mol. The standard InChI is InChI=1S/C22H21BrN2O4S/c1-29-21-9-8-19(15-20(21)23)30(27,28)25-12-10-24(11-13-25)22(26)18-7-6-16-4-2-3-5-17(16)14-18/h2-9,14-15H,10-13H2,1H3. The number of amides is 1. The second-order valence-corrected chi connectivity index (χ2v) is 9.85. The molecule has 3 aromatic rings. The van der Waals surface area contributed by atoms with Crippen molar-refractivity contribution in [3.63, 3.8) is 0 Å². The van der Waals surface area contributed by atoms with Crippen LogP contribution in [-0.2, 0) is 10.0 Å². The second kappa shape index (κ2) is 8.37. The van der Waals surface area contributed by atoms with Crippen molar-refractivity contribution < 1.29 is 17.9 Å². The number of carbonyl (C=O) groups is 1. The van der Waals surface area contributed by atoms with Gasteiger partial charge in [0.05, 0.1) is 16.5 Å². The summed E-state index contributed by atoms with van der Waals surface area (Å²) in [7, 11) is -2.11. The van der Waals surface area contributed by atoms with Gasteiger partial charge in [-0.2, -0.15) is 4.31 Å². The monoisotopic (exact) mass is 488 g/mol. The molecule has 0 aromatic heterocycles. The molecular weight excluding hydrogens is 468 g/mol. The van der Waals surface area contributed by atoms with Gasteiger partial charge in [-0.1, -0.05) is 30.3 Å². The Hall–Kier alpha value is -2.42. The summed E-state index contributed by atoms with van der Waals surface area (Å²) in [6.45, 7) is 1.21. The summed E-state index contributed by atoms with van der Waals surface area (Å²) in [6, 6.07) is 18.2. The lowest BCUT2D eigenvalue weighted by Crippen LogP contribution is -2.50. The molecule has 0 N–H and O–H groups in total. The molecule has 0 radical (unpaired) electrons.